The molecule has 1 fully saturated rings. The lowest BCUT2D eigenvalue weighted by Gasteiger charge is -2.16. The van der Waals surface area contributed by atoms with Gasteiger partial charge in [0, 0.05) is 18.8 Å². The highest BCUT2D eigenvalue weighted by Gasteiger charge is 2.28. The van der Waals surface area contributed by atoms with Crippen molar-refractivity contribution in [2.45, 2.75) is 44.2 Å². The number of carbonyl (C=O) groups is 2. The smallest absolute Gasteiger partial charge is 0.343 e. The average molecular weight is 531 g/mol. The maximum absolute atomic E-state index is 12.8. The number of aryl methyl sites for hydroxylation is 1. The molecule has 11 heteroatoms. The summed E-state index contributed by atoms with van der Waals surface area (Å²) in [5.41, 5.74) is 1.84. The highest BCUT2D eigenvalue weighted by atomic mass is 35.5. The van der Waals surface area contributed by atoms with Gasteiger partial charge < -0.3 is 10.1 Å². The van der Waals surface area contributed by atoms with Gasteiger partial charge in [0.25, 0.3) is 5.91 Å². The Kier molecular flexibility index (Phi) is 7.77. The number of rotatable bonds is 8. The Morgan fingerprint density at radius 3 is 2.36 bits per heavy atom. The van der Waals surface area contributed by atoms with Crippen LogP contribution in [0.2, 0.25) is 5.15 Å². The fourth-order valence-corrected chi connectivity index (χ4v) is 5.78. The van der Waals surface area contributed by atoms with Crippen molar-refractivity contribution >= 4 is 39.2 Å². The van der Waals surface area contributed by atoms with Gasteiger partial charge in [0.15, 0.2) is 6.10 Å². The number of hydrogen-bond acceptors (Lipinski definition) is 6. The summed E-state index contributed by atoms with van der Waals surface area (Å²) in [5.74, 6) is -1.32. The molecule has 1 amide bonds. The molecule has 1 N–H and O–H groups in total. The molecule has 4 rings (SSSR count). The third-order valence-corrected chi connectivity index (χ3v) is 8.22. The lowest BCUT2D eigenvalue weighted by Crippen LogP contribution is -2.30. The zero-order valence-corrected chi connectivity index (χ0v) is 21.6. The van der Waals surface area contributed by atoms with E-state index in [1.165, 1.54) is 40.2 Å². The summed E-state index contributed by atoms with van der Waals surface area (Å²) in [4.78, 5) is 25.6. The van der Waals surface area contributed by atoms with Crippen LogP contribution in [0.5, 0.6) is 0 Å². The Morgan fingerprint density at radius 1 is 1.08 bits per heavy atom. The van der Waals surface area contributed by atoms with E-state index in [4.69, 9.17) is 16.3 Å². The highest BCUT2D eigenvalue weighted by molar-refractivity contribution is 7.89. The zero-order valence-electron chi connectivity index (χ0n) is 20.0. The summed E-state index contributed by atoms with van der Waals surface area (Å²) in [5, 5.41) is 7.10. The van der Waals surface area contributed by atoms with Gasteiger partial charge in [0.2, 0.25) is 10.0 Å². The quantitative estimate of drug-likeness (QED) is 0.443. The minimum absolute atomic E-state index is 0.101. The van der Waals surface area contributed by atoms with Crippen LogP contribution in [0.3, 0.4) is 0 Å². The molecule has 0 spiro atoms. The summed E-state index contributed by atoms with van der Waals surface area (Å²) in [6, 6.07) is 15.4. The Balaban J connectivity index is 1.38. The van der Waals surface area contributed by atoms with Gasteiger partial charge in [0.1, 0.15) is 10.7 Å². The van der Waals surface area contributed by atoms with Crippen LogP contribution < -0.4 is 5.32 Å². The SMILES string of the molecule is Cc1nn(Cc2ccccc2)c(Cl)c1C(=O)O[C@@H](C)C(=O)Nc1ccc(S(=O)(=O)N2CCCC2)cc1. The second-order valence-corrected chi connectivity index (χ2v) is 10.9. The largest absolute Gasteiger partial charge is 0.449 e. The van der Waals surface area contributed by atoms with Crippen molar-refractivity contribution in [1.29, 1.82) is 0 Å². The minimum Gasteiger partial charge on any atom is -0.449 e. The summed E-state index contributed by atoms with van der Waals surface area (Å²) >= 11 is 6.41. The molecule has 1 atom stereocenters. The van der Waals surface area contributed by atoms with E-state index in [2.05, 4.69) is 10.4 Å². The van der Waals surface area contributed by atoms with Gasteiger partial charge in [-0.25, -0.2) is 17.9 Å². The number of amides is 1. The highest BCUT2D eigenvalue weighted by Crippen LogP contribution is 2.24. The Morgan fingerprint density at radius 2 is 1.72 bits per heavy atom. The number of benzene rings is 2. The fourth-order valence-electron chi connectivity index (χ4n) is 3.95. The Hall–Kier alpha value is -3.21. The first kappa shape index (κ1) is 25.9. The molecule has 1 aromatic heterocycles. The molecule has 190 valence electrons. The lowest BCUT2D eigenvalue weighted by atomic mass is 10.2. The number of halogens is 1. The number of ether oxygens (including phenoxy) is 1. The molecule has 0 bridgehead atoms. The van der Waals surface area contributed by atoms with Gasteiger partial charge in [-0.05, 0) is 56.5 Å². The van der Waals surface area contributed by atoms with Crippen molar-refractivity contribution in [3.63, 3.8) is 0 Å². The van der Waals surface area contributed by atoms with Crippen LogP contribution in [0, 0.1) is 6.92 Å². The van der Waals surface area contributed by atoms with Crippen molar-refractivity contribution in [3.8, 4) is 0 Å². The predicted molar refractivity (Wildman–Crippen MR) is 135 cm³/mol. The van der Waals surface area contributed by atoms with Crippen molar-refractivity contribution in [2.75, 3.05) is 18.4 Å². The maximum atomic E-state index is 12.8. The minimum atomic E-state index is -3.54. The van der Waals surface area contributed by atoms with Crippen molar-refractivity contribution in [2.24, 2.45) is 0 Å². The lowest BCUT2D eigenvalue weighted by molar-refractivity contribution is -0.123. The summed E-state index contributed by atoms with van der Waals surface area (Å²) in [6.07, 6.45) is 0.573. The number of nitrogens with zero attached hydrogens (tertiary/aromatic N) is 3. The van der Waals surface area contributed by atoms with Gasteiger partial charge in [0.05, 0.1) is 17.1 Å². The molecule has 9 nitrogen and oxygen atoms in total. The fraction of sp³-hybridized carbons (Fsp3) is 0.320. The van der Waals surface area contributed by atoms with E-state index in [-0.39, 0.29) is 15.6 Å². The first-order valence-electron chi connectivity index (χ1n) is 11.6. The molecule has 36 heavy (non-hydrogen) atoms. The molecule has 0 aliphatic carbocycles. The van der Waals surface area contributed by atoms with E-state index in [1.54, 1.807) is 6.92 Å². The van der Waals surface area contributed by atoms with Crippen LogP contribution in [0.25, 0.3) is 0 Å². The monoisotopic (exact) mass is 530 g/mol. The van der Waals surface area contributed by atoms with E-state index in [1.807, 2.05) is 30.3 Å². The molecular weight excluding hydrogens is 504 g/mol. The molecule has 0 unspecified atom stereocenters. The summed E-state index contributed by atoms with van der Waals surface area (Å²) < 4.78 is 33.6. The maximum Gasteiger partial charge on any atom is 0.343 e. The molecule has 0 saturated carbocycles. The van der Waals surface area contributed by atoms with E-state index < -0.39 is 28.0 Å². The van der Waals surface area contributed by atoms with E-state index in [0.717, 1.165) is 18.4 Å². The molecule has 1 aliphatic heterocycles. The molecule has 1 saturated heterocycles. The van der Waals surface area contributed by atoms with Gasteiger partial charge in [-0.3, -0.25) is 4.79 Å². The van der Waals surface area contributed by atoms with E-state index in [9.17, 15) is 18.0 Å². The van der Waals surface area contributed by atoms with Crippen LogP contribution >= 0.6 is 11.6 Å². The number of hydrogen-bond donors (Lipinski definition) is 1. The van der Waals surface area contributed by atoms with Crippen LogP contribution in [-0.4, -0.2) is 53.6 Å². The van der Waals surface area contributed by atoms with Gasteiger partial charge >= 0.3 is 5.97 Å². The topological polar surface area (TPSA) is 111 Å². The van der Waals surface area contributed by atoms with Crippen LogP contribution in [0.4, 0.5) is 5.69 Å². The van der Waals surface area contributed by atoms with Gasteiger partial charge in [-0.2, -0.15) is 9.40 Å². The standard InChI is InChI=1S/C25H27ClN4O5S/c1-17-22(23(26)30(28-17)16-19-8-4-3-5-9-19)25(32)35-18(2)24(31)27-20-10-12-21(13-11-20)36(33,34)29-14-6-7-15-29/h3-5,8-13,18H,6-7,14-16H2,1-2H3,(H,27,31)/t18-/m0/s1. The number of esters is 1. The van der Waals surface area contributed by atoms with Gasteiger partial charge in [-0.15, -0.1) is 0 Å². The third-order valence-electron chi connectivity index (χ3n) is 5.92. The Labute approximate surface area is 215 Å². The molecular formula is C25H27ClN4O5S. The summed E-state index contributed by atoms with van der Waals surface area (Å²) in [6.45, 7) is 4.49. The van der Waals surface area contributed by atoms with Crippen molar-refractivity contribution in [1.82, 2.24) is 14.1 Å². The van der Waals surface area contributed by atoms with Crippen molar-refractivity contribution in [3.05, 3.63) is 76.6 Å². The van der Waals surface area contributed by atoms with Gasteiger partial charge in [-0.1, -0.05) is 41.9 Å². The number of carbonyl (C=O) groups excluding carboxylic acids is 2. The van der Waals surface area contributed by atoms with E-state index in [0.29, 0.717) is 31.0 Å². The van der Waals surface area contributed by atoms with Crippen LogP contribution in [0.15, 0.2) is 59.5 Å². The number of anilines is 1. The normalized spacial score (nSPS) is 15.0. The number of aromatic nitrogens is 2. The molecule has 2 aromatic carbocycles. The zero-order chi connectivity index (χ0) is 25.9. The first-order chi connectivity index (χ1) is 17.2. The van der Waals surface area contributed by atoms with Crippen molar-refractivity contribution < 1.29 is 22.7 Å². The molecule has 3 aromatic rings. The third kappa shape index (κ3) is 5.61. The molecule has 1 aliphatic rings. The predicted octanol–water partition coefficient (Wildman–Crippen LogP) is 3.86. The molecule has 0 radical (unpaired) electrons. The number of sulfonamides is 1. The second kappa shape index (κ2) is 10.8. The second-order valence-electron chi connectivity index (χ2n) is 8.57. The Bertz CT molecular complexity index is 1350. The van der Waals surface area contributed by atoms with Crippen LogP contribution in [0.1, 0.15) is 41.4 Å². The first-order valence-corrected chi connectivity index (χ1v) is 13.4. The van der Waals surface area contributed by atoms with Crippen LogP contribution in [-0.2, 0) is 26.1 Å². The summed E-state index contributed by atoms with van der Waals surface area (Å²) in [7, 11) is -3.54. The molecule has 2 heterocycles. The number of nitrogens with one attached hydrogen (secondary N) is 1. The average Bonchev–Trinajstić information content (AvgIpc) is 3.49. The van der Waals surface area contributed by atoms with E-state index >= 15 is 0 Å².